The van der Waals surface area contributed by atoms with Crippen molar-refractivity contribution in [2.45, 2.75) is 45.1 Å². The molecule has 0 aliphatic heterocycles. The molecule has 1 heterocycles. The second-order valence-corrected chi connectivity index (χ2v) is 8.58. The molecule has 132 valence electrons. The van der Waals surface area contributed by atoms with Gasteiger partial charge in [-0.2, -0.15) is 0 Å². The van der Waals surface area contributed by atoms with E-state index < -0.39 is 0 Å². The molecule has 2 unspecified atom stereocenters. The summed E-state index contributed by atoms with van der Waals surface area (Å²) in [5.41, 5.74) is 9.22. The van der Waals surface area contributed by atoms with Gasteiger partial charge in [0.1, 0.15) is 0 Å². The molecular formula is C20H25N3OS. The number of anilines is 1. The fraction of sp³-hybridized carbons (Fsp3) is 0.500. The molecule has 2 aromatic rings. The first-order valence-corrected chi connectivity index (χ1v) is 10.1. The summed E-state index contributed by atoms with van der Waals surface area (Å²) in [4.78, 5) is 17.3. The van der Waals surface area contributed by atoms with Crippen LogP contribution in [0, 0.1) is 24.7 Å². The monoisotopic (exact) mass is 355 g/mol. The highest BCUT2D eigenvalue weighted by atomic mass is 32.1. The van der Waals surface area contributed by atoms with Crippen molar-refractivity contribution >= 4 is 22.9 Å². The van der Waals surface area contributed by atoms with Gasteiger partial charge in [0.15, 0.2) is 0 Å². The average Bonchev–Trinajstić information content (AvgIpc) is 3.01. The van der Waals surface area contributed by atoms with E-state index in [2.05, 4.69) is 15.7 Å². The molecule has 1 amide bonds. The number of nitrogens with two attached hydrogens (primary N) is 1. The Hall–Kier alpha value is -1.72. The fourth-order valence-corrected chi connectivity index (χ4v) is 5.12. The average molecular weight is 356 g/mol. The molecule has 2 fully saturated rings. The van der Waals surface area contributed by atoms with Crippen LogP contribution in [0.3, 0.4) is 0 Å². The van der Waals surface area contributed by atoms with Gasteiger partial charge in [0, 0.05) is 28.6 Å². The van der Waals surface area contributed by atoms with Crippen molar-refractivity contribution < 1.29 is 4.79 Å². The summed E-state index contributed by atoms with van der Waals surface area (Å²) in [6.45, 7) is 2.00. The molecule has 0 radical (unpaired) electrons. The van der Waals surface area contributed by atoms with Crippen LogP contribution in [0.5, 0.6) is 0 Å². The minimum atomic E-state index is 0.0975. The molecule has 2 saturated carbocycles. The van der Waals surface area contributed by atoms with Gasteiger partial charge in [-0.3, -0.25) is 4.79 Å². The molecule has 25 heavy (non-hydrogen) atoms. The van der Waals surface area contributed by atoms with Gasteiger partial charge in [-0.15, -0.1) is 11.3 Å². The first-order valence-electron chi connectivity index (χ1n) is 9.19. The highest BCUT2D eigenvalue weighted by Crippen LogP contribution is 2.42. The molecule has 4 rings (SSSR count). The predicted molar refractivity (Wildman–Crippen MR) is 102 cm³/mol. The van der Waals surface area contributed by atoms with Gasteiger partial charge in [0.2, 0.25) is 5.91 Å². The Kier molecular flexibility index (Phi) is 4.61. The van der Waals surface area contributed by atoms with Crippen molar-refractivity contribution in [2.75, 3.05) is 5.32 Å². The van der Waals surface area contributed by atoms with E-state index in [1.54, 1.807) is 11.3 Å². The number of nitrogens with one attached hydrogen (secondary N) is 1. The molecule has 4 nitrogen and oxygen atoms in total. The molecule has 2 bridgehead atoms. The Bertz CT molecular complexity index is 758. The number of aromatic nitrogens is 1. The normalized spacial score (nSPS) is 28.6. The molecule has 5 heteroatoms. The lowest BCUT2D eigenvalue weighted by molar-refractivity contribution is -0.122. The maximum Gasteiger partial charge on any atom is 0.227 e. The standard InChI is InChI=1S/C20H25N3OS/c1-12-22-18(11-25-12)13-4-3-7-17(10-13)23-20(24)16-8-14-5-2-6-15(9-16)19(14)21/h3-4,7,10-11,14-16,19H,2,5-6,8-9,21H2,1H3,(H,23,24). The van der Waals surface area contributed by atoms with Crippen LogP contribution < -0.4 is 11.1 Å². The topological polar surface area (TPSA) is 68.0 Å². The SMILES string of the molecule is Cc1nc(-c2cccc(NC(=O)C3CC4CCCC(C3)C4N)c2)cs1. The lowest BCUT2D eigenvalue weighted by Gasteiger charge is -2.43. The van der Waals surface area contributed by atoms with Gasteiger partial charge in [-0.25, -0.2) is 4.98 Å². The summed E-state index contributed by atoms with van der Waals surface area (Å²) >= 11 is 1.64. The van der Waals surface area contributed by atoms with E-state index in [9.17, 15) is 4.79 Å². The smallest absolute Gasteiger partial charge is 0.227 e. The van der Waals surface area contributed by atoms with Gasteiger partial charge < -0.3 is 11.1 Å². The van der Waals surface area contributed by atoms with E-state index in [0.29, 0.717) is 17.9 Å². The van der Waals surface area contributed by atoms with Gasteiger partial charge in [0.05, 0.1) is 10.7 Å². The Morgan fingerprint density at radius 1 is 1.28 bits per heavy atom. The minimum Gasteiger partial charge on any atom is -0.327 e. The van der Waals surface area contributed by atoms with E-state index in [0.717, 1.165) is 34.8 Å². The first kappa shape index (κ1) is 16.7. The third-order valence-electron chi connectivity index (χ3n) is 5.83. The van der Waals surface area contributed by atoms with E-state index in [4.69, 9.17) is 5.73 Å². The molecule has 1 aromatic heterocycles. The van der Waals surface area contributed by atoms with Crippen LogP contribution in [0.2, 0.25) is 0 Å². The summed E-state index contributed by atoms with van der Waals surface area (Å²) in [5, 5.41) is 6.23. The van der Waals surface area contributed by atoms with Crippen LogP contribution in [0.4, 0.5) is 5.69 Å². The molecule has 2 aliphatic rings. The Morgan fingerprint density at radius 2 is 2.04 bits per heavy atom. The van der Waals surface area contributed by atoms with Crippen molar-refractivity contribution in [3.8, 4) is 11.3 Å². The van der Waals surface area contributed by atoms with Crippen molar-refractivity contribution in [1.82, 2.24) is 4.98 Å². The summed E-state index contributed by atoms with van der Waals surface area (Å²) in [5.74, 6) is 1.29. The van der Waals surface area contributed by atoms with Gasteiger partial charge in [-0.1, -0.05) is 18.6 Å². The van der Waals surface area contributed by atoms with Crippen LogP contribution in [0.25, 0.3) is 11.3 Å². The second-order valence-electron chi connectivity index (χ2n) is 7.52. The van der Waals surface area contributed by atoms with E-state index in [1.807, 2.05) is 31.2 Å². The Morgan fingerprint density at radius 3 is 2.72 bits per heavy atom. The number of aryl methyl sites for hydroxylation is 1. The number of hydrogen-bond acceptors (Lipinski definition) is 4. The maximum absolute atomic E-state index is 12.8. The number of thiazole rings is 1. The zero-order chi connectivity index (χ0) is 17.4. The zero-order valence-electron chi connectivity index (χ0n) is 14.6. The lowest BCUT2D eigenvalue weighted by Crippen LogP contribution is -2.48. The van der Waals surface area contributed by atoms with Gasteiger partial charge in [-0.05, 0) is 56.6 Å². The summed E-state index contributed by atoms with van der Waals surface area (Å²) in [6.07, 6.45) is 5.51. The highest BCUT2D eigenvalue weighted by Gasteiger charge is 2.40. The lowest BCUT2D eigenvalue weighted by atomic mass is 9.65. The molecule has 0 saturated heterocycles. The highest BCUT2D eigenvalue weighted by molar-refractivity contribution is 7.09. The number of carbonyl (C=O) groups excluding carboxylic acids is 1. The van der Waals surface area contributed by atoms with Crippen LogP contribution in [-0.4, -0.2) is 16.9 Å². The Labute approximate surface area is 152 Å². The summed E-state index contributed by atoms with van der Waals surface area (Å²) in [6, 6.07) is 8.28. The summed E-state index contributed by atoms with van der Waals surface area (Å²) < 4.78 is 0. The van der Waals surface area contributed by atoms with Crippen LogP contribution >= 0.6 is 11.3 Å². The number of carbonyl (C=O) groups is 1. The number of fused-ring (bicyclic) bond motifs is 2. The minimum absolute atomic E-state index is 0.0975. The van der Waals surface area contributed by atoms with Crippen molar-refractivity contribution in [3.05, 3.63) is 34.7 Å². The number of amides is 1. The van der Waals surface area contributed by atoms with Crippen LogP contribution in [0.1, 0.15) is 37.1 Å². The number of rotatable bonds is 3. The first-order chi connectivity index (χ1) is 12.1. The third-order valence-corrected chi connectivity index (χ3v) is 6.60. The number of nitrogens with zero attached hydrogens (tertiary/aromatic N) is 1. The molecular weight excluding hydrogens is 330 g/mol. The van der Waals surface area contributed by atoms with Crippen LogP contribution in [-0.2, 0) is 4.79 Å². The summed E-state index contributed by atoms with van der Waals surface area (Å²) in [7, 11) is 0. The van der Waals surface area contributed by atoms with E-state index >= 15 is 0 Å². The zero-order valence-corrected chi connectivity index (χ0v) is 15.4. The second kappa shape index (κ2) is 6.89. The van der Waals surface area contributed by atoms with Gasteiger partial charge in [0.25, 0.3) is 0 Å². The van der Waals surface area contributed by atoms with E-state index in [1.165, 1.54) is 19.3 Å². The van der Waals surface area contributed by atoms with Crippen molar-refractivity contribution in [2.24, 2.45) is 23.5 Å². The maximum atomic E-state index is 12.8. The number of benzene rings is 1. The molecule has 2 aliphatic carbocycles. The Balaban J connectivity index is 1.46. The fourth-order valence-electron chi connectivity index (χ4n) is 4.50. The molecule has 2 atom stereocenters. The van der Waals surface area contributed by atoms with E-state index in [-0.39, 0.29) is 11.8 Å². The largest absolute Gasteiger partial charge is 0.327 e. The van der Waals surface area contributed by atoms with Gasteiger partial charge >= 0.3 is 0 Å². The quantitative estimate of drug-likeness (QED) is 0.866. The van der Waals surface area contributed by atoms with Crippen LogP contribution in [0.15, 0.2) is 29.6 Å². The van der Waals surface area contributed by atoms with Crippen molar-refractivity contribution in [3.63, 3.8) is 0 Å². The molecule has 1 aromatic carbocycles. The predicted octanol–water partition coefficient (Wildman–Crippen LogP) is 4.21. The molecule has 0 spiro atoms. The third kappa shape index (κ3) is 3.48. The number of hydrogen-bond donors (Lipinski definition) is 2. The van der Waals surface area contributed by atoms with Crippen molar-refractivity contribution in [1.29, 1.82) is 0 Å². The molecule has 3 N–H and O–H groups in total.